The lowest BCUT2D eigenvalue weighted by Gasteiger charge is -2.31. The molecule has 0 heterocycles. The topological polar surface area (TPSA) is 49.4 Å². The Morgan fingerprint density at radius 1 is 1.00 bits per heavy atom. The Labute approximate surface area is 183 Å². The van der Waals surface area contributed by atoms with Gasteiger partial charge in [0.1, 0.15) is 6.04 Å². The first-order chi connectivity index (χ1) is 13.8. The van der Waals surface area contributed by atoms with Crippen molar-refractivity contribution in [3.63, 3.8) is 0 Å². The zero-order valence-electron chi connectivity index (χ0n) is 17.1. The van der Waals surface area contributed by atoms with Crippen molar-refractivity contribution >= 4 is 35.0 Å². The summed E-state index contributed by atoms with van der Waals surface area (Å²) in [6.45, 7) is 6.21. The van der Waals surface area contributed by atoms with Gasteiger partial charge in [0.2, 0.25) is 11.8 Å². The number of nitrogens with zero attached hydrogens (tertiary/aromatic N) is 1. The Balaban J connectivity index is 2.29. The Bertz CT molecular complexity index is 824. The molecule has 2 aromatic rings. The molecular formula is C23H28Cl2N2O2. The van der Waals surface area contributed by atoms with Gasteiger partial charge in [-0.25, -0.2) is 0 Å². The normalized spacial score (nSPS) is 12.9. The first kappa shape index (κ1) is 23.2. The third-order valence-corrected chi connectivity index (χ3v) is 5.57. The van der Waals surface area contributed by atoms with Crippen molar-refractivity contribution in [1.29, 1.82) is 0 Å². The van der Waals surface area contributed by atoms with Crippen molar-refractivity contribution in [1.82, 2.24) is 10.2 Å². The molecule has 0 fully saturated rings. The lowest BCUT2D eigenvalue weighted by molar-refractivity contribution is -0.141. The second-order valence-electron chi connectivity index (χ2n) is 7.16. The zero-order valence-corrected chi connectivity index (χ0v) is 18.6. The molecule has 1 N–H and O–H groups in total. The van der Waals surface area contributed by atoms with E-state index in [2.05, 4.69) is 5.32 Å². The number of hydrogen-bond donors (Lipinski definition) is 1. The molecule has 0 saturated carbocycles. The van der Waals surface area contributed by atoms with Crippen LogP contribution in [0.15, 0.2) is 48.5 Å². The van der Waals surface area contributed by atoms with Crippen molar-refractivity contribution in [3.05, 3.63) is 69.7 Å². The second kappa shape index (κ2) is 11.2. The highest BCUT2D eigenvalue weighted by Gasteiger charge is 2.29. The average molecular weight is 435 g/mol. The van der Waals surface area contributed by atoms with Gasteiger partial charge in [0, 0.05) is 22.6 Å². The van der Waals surface area contributed by atoms with Crippen LogP contribution in [-0.2, 0) is 22.6 Å². The molecule has 0 radical (unpaired) electrons. The molecular weight excluding hydrogens is 407 g/mol. The minimum Gasteiger partial charge on any atom is -0.352 e. The molecule has 2 rings (SSSR count). The number of nitrogens with one attached hydrogen (secondary N) is 1. The Morgan fingerprint density at radius 2 is 1.66 bits per heavy atom. The van der Waals surface area contributed by atoms with Gasteiger partial charge in [-0.1, -0.05) is 67.4 Å². The predicted molar refractivity (Wildman–Crippen MR) is 119 cm³/mol. The molecule has 0 aliphatic carbocycles. The van der Waals surface area contributed by atoms with E-state index < -0.39 is 6.04 Å². The maximum absolute atomic E-state index is 13.3. The summed E-state index contributed by atoms with van der Waals surface area (Å²) in [5, 5.41) is 4.18. The van der Waals surface area contributed by atoms with Crippen LogP contribution in [0.1, 0.15) is 44.7 Å². The highest BCUT2D eigenvalue weighted by molar-refractivity contribution is 6.31. The smallest absolute Gasteiger partial charge is 0.243 e. The van der Waals surface area contributed by atoms with Crippen molar-refractivity contribution in [2.45, 2.75) is 58.7 Å². The van der Waals surface area contributed by atoms with E-state index in [0.29, 0.717) is 23.0 Å². The number of carbonyl (C=O) groups excluding carboxylic acids is 2. The molecule has 29 heavy (non-hydrogen) atoms. The van der Waals surface area contributed by atoms with Gasteiger partial charge >= 0.3 is 0 Å². The Morgan fingerprint density at radius 3 is 2.24 bits per heavy atom. The van der Waals surface area contributed by atoms with Crippen LogP contribution < -0.4 is 5.32 Å². The molecule has 2 aromatic carbocycles. The number of amides is 2. The number of rotatable bonds is 9. The lowest BCUT2D eigenvalue weighted by atomic mass is 10.1. The number of carbonyl (C=O) groups is 2. The highest BCUT2D eigenvalue weighted by Crippen LogP contribution is 2.20. The average Bonchev–Trinajstić information content (AvgIpc) is 2.70. The van der Waals surface area contributed by atoms with Crippen LogP contribution in [-0.4, -0.2) is 28.8 Å². The van der Waals surface area contributed by atoms with Gasteiger partial charge in [-0.3, -0.25) is 9.59 Å². The van der Waals surface area contributed by atoms with Crippen molar-refractivity contribution in [2.75, 3.05) is 0 Å². The summed E-state index contributed by atoms with van der Waals surface area (Å²) in [7, 11) is 0. The monoisotopic (exact) mass is 434 g/mol. The predicted octanol–water partition coefficient (Wildman–Crippen LogP) is 5.26. The molecule has 2 atom stereocenters. The largest absolute Gasteiger partial charge is 0.352 e. The fraction of sp³-hybridized carbons (Fsp3) is 0.391. The summed E-state index contributed by atoms with van der Waals surface area (Å²) < 4.78 is 0. The van der Waals surface area contributed by atoms with Crippen LogP contribution in [0.3, 0.4) is 0 Å². The molecule has 156 valence electrons. The molecule has 0 aliphatic rings. The standard InChI is InChI=1S/C23H28Cl2N2O2/c1-4-16(3)26-23(29)21(5-2)27(15-17-10-12-19(24)13-11-17)22(28)14-18-8-6-7-9-20(18)25/h6-13,16,21H,4-5,14-15H2,1-3H3,(H,26,29)/t16-,21+/m0/s1. The van der Waals surface area contributed by atoms with Gasteiger partial charge in [-0.05, 0) is 49.1 Å². The lowest BCUT2D eigenvalue weighted by Crippen LogP contribution is -2.51. The van der Waals surface area contributed by atoms with E-state index >= 15 is 0 Å². The molecule has 0 saturated heterocycles. The van der Waals surface area contributed by atoms with E-state index in [1.54, 1.807) is 23.1 Å². The second-order valence-corrected chi connectivity index (χ2v) is 8.00. The summed E-state index contributed by atoms with van der Waals surface area (Å²) in [4.78, 5) is 27.8. The minimum absolute atomic E-state index is 0.0487. The highest BCUT2D eigenvalue weighted by atomic mass is 35.5. The molecule has 0 aromatic heterocycles. The molecule has 6 heteroatoms. The van der Waals surface area contributed by atoms with E-state index in [1.165, 1.54) is 0 Å². The minimum atomic E-state index is -0.560. The van der Waals surface area contributed by atoms with Crippen LogP contribution in [0, 0.1) is 0 Å². The number of halogens is 2. The summed E-state index contributed by atoms with van der Waals surface area (Å²) in [6, 6.07) is 14.1. The van der Waals surface area contributed by atoms with Gasteiger partial charge in [0.25, 0.3) is 0 Å². The van der Waals surface area contributed by atoms with E-state index in [-0.39, 0.29) is 24.3 Å². The van der Waals surface area contributed by atoms with E-state index in [9.17, 15) is 9.59 Å². The van der Waals surface area contributed by atoms with Gasteiger partial charge in [-0.15, -0.1) is 0 Å². The van der Waals surface area contributed by atoms with Gasteiger partial charge < -0.3 is 10.2 Å². The summed E-state index contributed by atoms with van der Waals surface area (Å²) in [5.74, 6) is -0.275. The van der Waals surface area contributed by atoms with Crippen molar-refractivity contribution in [3.8, 4) is 0 Å². The summed E-state index contributed by atoms with van der Waals surface area (Å²) in [5.41, 5.74) is 1.66. The van der Waals surface area contributed by atoms with Crippen LogP contribution in [0.4, 0.5) is 0 Å². The SMILES string of the molecule is CC[C@H](C(=O)N[C@@H](C)CC)N(Cc1ccc(Cl)cc1)C(=O)Cc1ccccc1Cl. The summed E-state index contributed by atoms with van der Waals surface area (Å²) >= 11 is 12.2. The quantitative estimate of drug-likeness (QED) is 0.584. The molecule has 0 bridgehead atoms. The van der Waals surface area contributed by atoms with E-state index in [1.807, 2.05) is 51.1 Å². The fourth-order valence-electron chi connectivity index (χ4n) is 3.05. The van der Waals surface area contributed by atoms with Gasteiger partial charge in [-0.2, -0.15) is 0 Å². The van der Waals surface area contributed by atoms with E-state index in [0.717, 1.165) is 17.5 Å². The first-order valence-corrected chi connectivity index (χ1v) is 10.7. The van der Waals surface area contributed by atoms with Crippen molar-refractivity contribution in [2.24, 2.45) is 0 Å². The number of hydrogen-bond acceptors (Lipinski definition) is 2. The van der Waals surface area contributed by atoms with Gasteiger partial charge in [0.05, 0.1) is 6.42 Å². The third-order valence-electron chi connectivity index (χ3n) is 4.95. The van der Waals surface area contributed by atoms with E-state index in [4.69, 9.17) is 23.2 Å². The number of benzene rings is 2. The fourth-order valence-corrected chi connectivity index (χ4v) is 3.38. The Kier molecular flexibility index (Phi) is 8.99. The molecule has 2 amide bonds. The van der Waals surface area contributed by atoms with Gasteiger partial charge in [0.15, 0.2) is 0 Å². The van der Waals surface area contributed by atoms with Crippen LogP contribution in [0.2, 0.25) is 10.0 Å². The first-order valence-electron chi connectivity index (χ1n) is 9.93. The third kappa shape index (κ3) is 6.76. The Hall–Kier alpha value is -2.04. The molecule has 0 unspecified atom stereocenters. The maximum Gasteiger partial charge on any atom is 0.243 e. The summed E-state index contributed by atoms with van der Waals surface area (Å²) in [6.07, 6.45) is 1.48. The molecule has 0 aliphatic heterocycles. The molecule has 4 nitrogen and oxygen atoms in total. The van der Waals surface area contributed by atoms with Crippen LogP contribution in [0.25, 0.3) is 0 Å². The zero-order chi connectivity index (χ0) is 21.4. The van der Waals surface area contributed by atoms with Crippen molar-refractivity contribution < 1.29 is 9.59 Å². The van der Waals surface area contributed by atoms with Crippen LogP contribution in [0.5, 0.6) is 0 Å². The molecule has 0 spiro atoms. The van der Waals surface area contributed by atoms with Crippen LogP contribution >= 0.6 is 23.2 Å². The maximum atomic E-state index is 13.3.